The highest BCUT2D eigenvalue weighted by molar-refractivity contribution is 7.87. The first-order chi connectivity index (χ1) is 15.2. The van der Waals surface area contributed by atoms with Gasteiger partial charge in [-0.3, -0.25) is 10.1 Å². The number of anilines is 1. The summed E-state index contributed by atoms with van der Waals surface area (Å²) in [6, 6.07) is 9.64. The highest BCUT2D eigenvalue weighted by atomic mass is 32.2. The van der Waals surface area contributed by atoms with Crippen LogP contribution in [0.1, 0.15) is 0 Å². The van der Waals surface area contributed by atoms with E-state index >= 15 is 0 Å². The van der Waals surface area contributed by atoms with Crippen molar-refractivity contribution in [2.24, 2.45) is 10.7 Å². The lowest BCUT2D eigenvalue weighted by molar-refractivity contribution is -0.119. The van der Waals surface area contributed by atoms with E-state index < -0.39 is 22.1 Å². The molecule has 12 nitrogen and oxygen atoms in total. The van der Waals surface area contributed by atoms with Crippen LogP contribution in [0.2, 0.25) is 0 Å². The third-order valence-corrected chi connectivity index (χ3v) is 4.94. The Morgan fingerprint density at radius 2 is 1.84 bits per heavy atom. The van der Waals surface area contributed by atoms with Crippen LogP contribution in [0, 0.1) is 0 Å². The summed E-state index contributed by atoms with van der Waals surface area (Å²) < 4.78 is 45.1. The van der Waals surface area contributed by atoms with E-state index in [9.17, 15) is 18.0 Å². The van der Waals surface area contributed by atoms with Gasteiger partial charge >= 0.3 is 16.2 Å². The Morgan fingerprint density at radius 3 is 2.50 bits per heavy atom. The van der Waals surface area contributed by atoms with Gasteiger partial charge in [-0.2, -0.15) is 8.42 Å². The topological polar surface area (TPSA) is 168 Å². The van der Waals surface area contributed by atoms with E-state index in [2.05, 4.69) is 20.4 Å². The summed E-state index contributed by atoms with van der Waals surface area (Å²) in [7, 11) is -0.443. The summed E-state index contributed by atoms with van der Waals surface area (Å²) in [5, 5.41) is 4.64. The fourth-order valence-corrected chi connectivity index (χ4v) is 3.29. The molecule has 2 aromatic carbocycles. The lowest BCUT2D eigenvalue weighted by Gasteiger charge is -2.14. The first-order valence-electron chi connectivity index (χ1n) is 8.89. The average Bonchev–Trinajstić information content (AvgIpc) is 2.75. The average molecular weight is 466 g/mol. The van der Waals surface area contributed by atoms with Crippen LogP contribution < -0.4 is 25.3 Å². The number of rotatable bonds is 8. The Bertz CT molecular complexity index is 1120. The predicted molar refractivity (Wildman–Crippen MR) is 115 cm³/mol. The number of hydrogen-bond acceptors (Lipinski definition) is 9. The van der Waals surface area contributed by atoms with Crippen LogP contribution in [0.15, 0.2) is 52.4 Å². The Morgan fingerprint density at radius 1 is 1.09 bits per heavy atom. The molecule has 32 heavy (non-hydrogen) atoms. The maximum atomic E-state index is 12.8. The van der Waals surface area contributed by atoms with Crippen LogP contribution in [0.25, 0.3) is 0 Å². The van der Waals surface area contributed by atoms with E-state index in [0.717, 1.165) is 7.11 Å². The molecule has 0 saturated carbocycles. The molecule has 0 atom stereocenters. The van der Waals surface area contributed by atoms with Crippen molar-refractivity contribution in [3.63, 3.8) is 0 Å². The zero-order valence-corrected chi connectivity index (χ0v) is 18.3. The molecule has 0 heterocycles. The second kappa shape index (κ2) is 11.0. The maximum absolute atomic E-state index is 12.8. The van der Waals surface area contributed by atoms with Crippen molar-refractivity contribution in [1.82, 2.24) is 5.32 Å². The Labute approximate surface area is 184 Å². The highest BCUT2D eigenvalue weighted by Crippen LogP contribution is 2.32. The first-order valence-corrected chi connectivity index (χ1v) is 10.3. The summed E-state index contributed by atoms with van der Waals surface area (Å²) in [4.78, 5) is 26.9. The van der Waals surface area contributed by atoms with Crippen molar-refractivity contribution in [2.75, 3.05) is 33.3 Å². The van der Waals surface area contributed by atoms with Gasteiger partial charge in [0.15, 0.2) is 5.75 Å². The molecule has 0 saturated heterocycles. The van der Waals surface area contributed by atoms with Gasteiger partial charge < -0.3 is 29.4 Å². The van der Waals surface area contributed by atoms with Crippen LogP contribution >= 0.6 is 0 Å². The van der Waals surface area contributed by atoms with Crippen molar-refractivity contribution in [1.29, 1.82) is 0 Å². The minimum Gasteiger partial charge on any atom is -0.497 e. The summed E-state index contributed by atoms with van der Waals surface area (Å²) >= 11 is 0. The number of amides is 2. The van der Waals surface area contributed by atoms with E-state index in [1.807, 2.05) is 0 Å². The predicted octanol–water partition coefficient (Wildman–Crippen LogP) is 1.35. The molecule has 0 bridgehead atoms. The molecule has 13 heteroatoms. The number of nitrogens with zero attached hydrogens (tertiary/aromatic N) is 1. The van der Waals surface area contributed by atoms with E-state index in [4.69, 9.17) is 19.4 Å². The number of hydrogen-bond donors (Lipinski definition) is 3. The van der Waals surface area contributed by atoms with Gasteiger partial charge in [0.2, 0.25) is 11.9 Å². The molecule has 2 aromatic rings. The fourth-order valence-electron chi connectivity index (χ4n) is 2.32. The highest BCUT2D eigenvalue weighted by Gasteiger charge is 2.21. The van der Waals surface area contributed by atoms with Crippen molar-refractivity contribution in [3.8, 4) is 11.5 Å². The molecule has 2 amide bonds. The van der Waals surface area contributed by atoms with E-state index in [1.165, 1.54) is 50.6 Å². The minimum absolute atomic E-state index is 0.0389. The molecular weight excluding hydrogens is 444 g/mol. The summed E-state index contributed by atoms with van der Waals surface area (Å²) in [6.07, 6.45) is -0.841. The molecule has 0 radical (unpaired) electrons. The third-order valence-electron chi connectivity index (χ3n) is 3.71. The monoisotopic (exact) mass is 466 g/mol. The maximum Gasteiger partial charge on any atom is 0.413 e. The zero-order valence-electron chi connectivity index (χ0n) is 17.4. The largest absolute Gasteiger partial charge is 0.497 e. The number of carbonyl (C=O) groups excluding carboxylic acids is 2. The number of aliphatic imine (C=N–C) groups is 1. The van der Waals surface area contributed by atoms with Crippen LogP contribution in [0.3, 0.4) is 0 Å². The number of alkyl carbamates (subject to hydrolysis) is 1. The first kappa shape index (κ1) is 24.4. The van der Waals surface area contributed by atoms with Gasteiger partial charge in [0.05, 0.1) is 25.6 Å². The van der Waals surface area contributed by atoms with Gasteiger partial charge in [-0.1, -0.05) is 6.07 Å². The van der Waals surface area contributed by atoms with E-state index in [-0.39, 0.29) is 34.6 Å². The summed E-state index contributed by atoms with van der Waals surface area (Å²) in [6.45, 7) is -0.266. The molecule has 0 unspecified atom stereocenters. The second-order valence-corrected chi connectivity index (χ2v) is 7.54. The molecule has 0 spiro atoms. The minimum atomic E-state index is -4.32. The summed E-state index contributed by atoms with van der Waals surface area (Å²) in [5.74, 6) is -0.790. The zero-order chi connectivity index (χ0) is 23.7. The van der Waals surface area contributed by atoms with Crippen LogP contribution in [0.5, 0.6) is 11.5 Å². The molecule has 172 valence electrons. The molecule has 0 fully saturated rings. The van der Waals surface area contributed by atoms with Gasteiger partial charge in [0.1, 0.15) is 17.3 Å². The van der Waals surface area contributed by atoms with Crippen LogP contribution in [-0.4, -0.2) is 54.3 Å². The van der Waals surface area contributed by atoms with E-state index in [0.29, 0.717) is 5.75 Å². The fraction of sp³-hybridized carbons (Fsp3) is 0.211. The molecule has 2 rings (SSSR count). The number of guanidine groups is 1. The van der Waals surface area contributed by atoms with Crippen molar-refractivity contribution < 1.29 is 36.4 Å². The molecule has 0 aliphatic rings. The quantitative estimate of drug-likeness (QED) is 0.295. The Kier molecular flexibility index (Phi) is 8.38. The van der Waals surface area contributed by atoms with Crippen molar-refractivity contribution in [2.45, 2.75) is 4.90 Å². The second-order valence-electron chi connectivity index (χ2n) is 5.99. The number of nitrogens with one attached hydrogen (secondary N) is 2. The molecular formula is C19H22N4O8S. The Hall–Kier alpha value is -3.84. The molecule has 0 aliphatic carbocycles. The van der Waals surface area contributed by atoms with Crippen LogP contribution in [0.4, 0.5) is 16.2 Å². The van der Waals surface area contributed by atoms with E-state index in [1.54, 1.807) is 6.07 Å². The lowest BCUT2D eigenvalue weighted by Crippen LogP contribution is -2.36. The number of methoxy groups -OCH3 is 3. The third kappa shape index (κ3) is 6.85. The van der Waals surface area contributed by atoms with Gasteiger partial charge in [0.25, 0.3) is 0 Å². The van der Waals surface area contributed by atoms with Gasteiger partial charge in [-0.15, -0.1) is 0 Å². The smallest absolute Gasteiger partial charge is 0.413 e. The lowest BCUT2D eigenvalue weighted by atomic mass is 10.2. The SMILES string of the molecule is COCC(=O)Nc1ccc(N=C(N)NC(=O)OC)cc1OS(=O)(=O)c1cccc(OC)c1. The van der Waals surface area contributed by atoms with Crippen molar-refractivity contribution >= 4 is 39.5 Å². The molecule has 4 N–H and O–H groups in total. The van der Waals surface area contributed by atoms with Gasteiger partial charge in [-0.05, 0) is 24.3 Å². The number of carbonyl (C=O) groups is 2. The van der Waals surface area contributed by atoms with Crippen molar-refractivity contribution in [3.05, 3.63) is 42.5 Å². The molecule has 0 aliphatic heterocycles. The normalized spacial score (nSPS) is 11.4. The van der Waals surface area contributed by atoms with Gasteiger partial charge in [0, 0.05) is 19.2 Å². The number of ether oxygens (including phenoxy) is 3. The Balaban J connectivity index is 2.44. The number of nitrogens with two attached hydrogens (primary N) is 1. The summed E-state index contributed by atoms with van der Waals surface area (Å²) in [5.41, 5.74) is 5.78. The molecule has 0 aromatic heterocycles. The van der Waals surface area contributed by atoms with Crippen LogP contribution in [-0.2, 0) is 24.4 Å². The number of benzene rings is 2. The van der Waals surface area contributed by atoms with Gasteiger partial charge in [-0.25, -0.2) is 9.79 Å². The standard InChI is InChI=1S/C19H22N4O8S/c1-28-11-17(24)22-15-8-7-12(21-18(20)23-19(25)30-3)9-16(15)31-32(26,27)14-6-4-5-13(10-14)29-2/h4-10H,11H2,1-3H3,(H,22,24)(H3,20,21,23,25).